The molecular weight excluding hydrogens is 586 g/mol. The lowest BCUT2D eigenvalue weighted by atomic mass is 9.95. The molecule has 0 fully saturated rings. The molecule has 8 nitrogen and oxygen atoms in total. The Balaban J connectivity index is 1.44. The molecule has 0 aliphatic carbocycles. The van der Waals surface area contributed by atoms with Crippen LogP contribution < -0.4 is 20.2 Å². The zero-order chi connectivity index (χ0) is 30.1. The van der Waals surface area contributed by atoms with Crippen LogP contribution in [0.1, 0.15) is 34.6 Å². The summed E-state index contributed by atoms with van der Waals surface area (Å²) in [6, 6.07) is 25.9. The summed E-state index contributed by atoms with van der Waals surface area (Å²) in [6.07, 6.45) is 1.63. The summed E-state index contributed by atoms with van der Waals surface area (Å²) >= 11 is 7.37. The van der Waals surface area contributed by atoms with Gasteiger partial charge in [-0.1, -0.05) is 71.5 Å². The molecule has 0 radical (unpaired) electrons. The molecule has 2 aromatic heterocycles. The molecule has 0 saturated carbocycles. The summed E-state index contributed by atoms with van der Waals surface area (Å²) in [4.78, 5) is 45.0. The number of hydrogen-bond donors (Lipinski definition) is 1. The summed E-state index contributed by atoms with van der Waals surface area (Å²) in [5, 5.41) is 3.47. The van der Waals surface area contributed by atoms with E-state index >= 15 is 0 Å². The van der Waals surface area contributed by atoms with Crippen LogP contribution in [-0.4, -0.2) is 23.6 Å². The number of hydrogen-bond acceptors (Lipinski definition) is 7. The lowest BCUT2D eigenvalue weighted by molar-refractivity contribution is -0.113. The predicted octanol–water partition coefficient (Wildman–Crippen LogP) is 5.57. The standard InChI is InChI=1S/C33H24ClN3O5S/c1-19-28(30(38)36-22-8-4-3-5-9-22)29(20-12-14-21(34)15-13-20)37-31(39)27(43-33(37)35-19)18-23-16-17-26(42-23)24-10-6-7-11-25(24)32(40)41-2/h3-18,29H,1-2H3,(H,36,38)/b27-18+/t29-/m0/s1. The van der Waals surface area contributed by atoms with Crippen molar-refractivity contribution in [3.05, 3.63) is 144 Å². The number of nitrogens with zero attached hydrogens (tertiary/aromatic N) is 2. The lowest BCUT2D eigenvalue weighted by Gasteiger charge is -2.25. The van der Waals surface area contributed by atoms with Crippen molar-refractivity contribution in [3.8, 4) is 11.3 Å². The fourth-order valence-electron chi connectivity index (χ4n) is 4.98. The number of allylic oxidation sites excluding steroid dienone is 1. The Bertz CT molecular complexity index is 2070. The topological polar surface area (TPSA) is 103 Å². The number of rotatable bonds is 6. The zero-order valence-electron chi connectivity index (χ0n) is 23.0. The van der Waals surface area contributed by atoms with Crippen LogP contribution in [0.3, 0.4) is 0 Å². The summed E-state index contributed by atoms with van der Waals surface area (Å²) in [7, 11) is 1.32. The molecule has 1 aliphatic rings. The van der Waals surface area contributed by atoms with E-state index in [4.69, 9.17) is 20.8 Å². The van der Waals surface area contributed by atoms with Gasteiger partial charge >= 0.3 is 5.97 Å². The van der Waals surface area contributed by atoms with Crippen LogP contribution in [0.4, 0.5) is 5.69 Å². The first kappa shape index (κ1) is 28.1. The van der Waals surface area contributed by atoms with Gasteiger partial charge in [0.05, 0.1) is 34.5 Å². The van der Waals surface area contributed by atoms with Crippen LogP contribution in [0.2, 0.25) is 5.02 Å². The van der Waals surface area contributed by atoms with Gasteiger partial charge in [0.1, 0.15) is 11.5 Å². The Morgan fingerprint density at radius 2 is 1.72 bits per heavy atom. The highest BCUT2D eigenvalue weighted by atomic mass is 35.5. The maximum absolute atomic E-state index is 14.0. The van der Waals surface area contributed by atoms with Gasteiger partial charge in [0.2, 0.25) is 0 Å². The minimum absolute atomic E-state index is 0.325. The highest BCUT2D eigenvalue weighted by molar-refractivity contribution is 7.07. The molecule has 3 aromatic carbocycles. The molecule has 43 heavy (non-hydrogen) atoms. The number of halogens is 1. The molecule has 0 spiro atoms. The number of methoxy groups -OCH3 is 1. The van der Waals surface area contributed by atoms with Crippen LogP contribution in [0.15, 0.2) is 116 Å². The number of para-hydroxylation sites is 1. The van der Waals surface area contributed by atoms with Crippen LogP contribution in [0.25, 0.3) is 17.4 Å². The number of amides is 1. The molecule has 214 valence electrons. The first-order valence-electron chi connectivity index (χ1n) is 13.3. The largest absolute Gasteiger partial charge is 0.465 e. The fourth-order valence-corrected chi connectivity index (χ4v) is 6.14. The number of anilines is 1. The minimum Gasteiger partial charge on any atom is -0.465 e. The number of fused-ring (bicyclic) bond motifs is 1. The van der Waals surface area contributed by atoms with Crippen molar-refractivity contribution in [2.75, 3.05) is 12.4 Å². The van der Waals surface area contributed by atoms with E-state index < -0.39 is 12.0 Å². The highest BCUT2D eigenvalue weighted by Gasteiger charge is 2.32. The van der Waals surface area contributed by atoms with Crippen molar-refractivity contribution in [2.45, 2.75) is 13.0 Å². The number of esters is 1. The third-order valence-electron chi connectivity index (χ3n) is 6.98. The van der Waals surface area contributed by atoms with Crippen LogP contribution >= 0.6 is 22.9 Å². The number of carbonyl (C=O) groups excluding carboxylic acids is 2. The maximum atomic E-state index is 14.0. The van der Waals surface area contributed by atoms with Crippen LogP contribution in [-0.2, 0) is 9.53 Å². The Hall–Kier alpha value is -4.99. The molecule has 5 aromatic rings. The van der Waals surface area contributed by atoms with E-state index in [9.17, 15) is 14.4 Å². The molecule has 0 bridgehead atoms. The molecule has 0 saturated heterocycles. The molecule has 0 unspecified atom stereocenters. The quantitative estimate of drug-likeness (QED) is 0.253. The molecule has 10 heteroatoms. The Kier molecular flexibility index (Phi) is 7.67. The van der Waals surface area contributed by atoms with E-state index in [1.165, 1.54) is 23.0 Å². The molecule has 1 amide bonds. The Morgan fingerprint density at radius 1 is 1.00 bits per heavy atom. The number of thiazole rings is 1. The monoisotopic (exact) mass is 609 g/mol. The van der Waals surface area contributed by atoms with Crippen molar-refractivity contribution in [3.63, 3.8) is 0 Å². The second-order valence-corrected chi connectivity index (χ2v) is 11.1. The summed E-state index contributed by atoms with van der Waals surface area (Å²) in [6.45, 7) is 1.76. The first-order valence-corrected chi connectivity index (χ1v) is 14.5. The highest BCUT2D eigenvalue weighted by Crippen LogP contribution is 2.32. The Labute approximate surface area is 254 Å². The van der Waals surface area contributed by atoms with Crippen LogP contribution in [0, 0.1) is 0 Å². The van der Waals surface area contributed by atoms with Crippen molar-refractivity contribution in [2.24, 2.45) is 4.99 Å². The molecule has 1 N–H and O–H groups in total. The summed E-state index contributed by atoms with van der Waals surface area (Å²) in [5.74, 6) is 0.0312. The van der Waals surface area contributed by atoms with Gasteiger partial charge in [0, 0.05) is 22.3 Å². The van der Waals surface area contributed by atoms with E-state index in [-0.39, 0.29) is 11.5 Å². The minimum atomic E-state index is -0.738. The molecule has 3 heterocycles. The zero-order valence-corrected chi connectivity index (χ0v) is 24.6. The van der Waals surface area contributed by atoms with E-state index in [1.807, 2.05) is 18.2 Å². The SMILES string of the molecule is COC(=O)c1ccccc1-c1ccc(/C=c2/sc3n(c2=O)[C@@H](c2ccc(Cl)cc2)C(C(=O)Nc2ccccc2)=C(C)N=3)o1. The summed E-state index contributed by atoms with van der Waals surface area (Å²) in [5.41, 5.74) is 2.81. The van der Waals surface area contributed by atoms with Crippen molar-refractivity contribution in [1.29, 1.82) is 0 Å². The number of ether oxygens (including phenoxy) is 1. The maximum Gasteiger partial charge on any atom is 0.338 e. The van der Waals surface area contributed by atoms with E-state index in [2.05, 4.69) is 10.3 Å². The second-order valence-electron chi connectivity index (χ2n) is 9.69. The van der Waals surface area contributed by atoms with Gasteiger partial charge in [-0.2, -0.15) is 0 Å². The van der Waals surface area contributed by atoms with Gasteiger partial charge in [-0.15, -0.1) is 0 Å². The normalized spacial score (nSPS) is 14.7. The number of benzene rings is 3. The van der Waals surface area contributed by atoms with Gasteiger partial charge in [-0.05, 0) is 55.0 Å². The number of furan rings is 1. The number of nitrogens with one attached hydrogen (secondary N) is 1. The van der Waals surface area contributed by atoms with Gasteiger partial charge in [0.25, 0.3) is 11.5 Å². The molecule has 6 rings (SSSR count). The van der Waals surface area contributed by atoms with Crippen molar-refractivity contribution >= 4 is 46.6 Å². The second kappa shape index (κ2) is 11.7. The van der Waals surface area contributed by atoms with Gasteiger partial charge in [0.15, 0.2) is 4.80 Å². The molecule has 1 aliphatic heterocycles. The third kappa shape index (κ3) is 5.48. The Morgan fingerprint density at radius 3 is 2.47 bits per heavy atom. The average Bonchev–Trinajstić information content (AvgIpc) is 3.61. The first-order chi connectivity index (χ1) is 20.8. The van der Waals surface area contributed by atoms with E-state index in [0.717, 1.165) is 0 Å². The van der Waals surface area contributed by atoms with Gasteiger partial charge in [-0.25, -0.2) is 9.79 Å². The molecular formula is C33H24ClN3O5S. The molecule has 1 atom stereocenters. The summed E-state index contributed by atoms with van der Waals surface area (Å²) < 4.78 is 12.8. The van der Waals surface area contributed by atoms with Crippen LogP contribution in [0.5, 0.6) is 0 Å². The van der Waals surface area contributed by atoms with Gasteiger partial charge < -0.3 is 14.5 Å². The van der Waals surface area contributed by atoms with Crippen molar-refractivity contribution in [1.82, 2.24) is 4.57 Å². The lowest BCUT2D eigenvalue weighted by Crippen LogP contribution is -2.40. The number of aromatic nitrogens is 1. The smallest absolute Gasteiger partial charge is 0.338 e. The number of carbonyl (C=O) groups is 2. The predicted molar refractivity (Wildman–Crippen MR) is 166 cm³/mol. The third-order valence-corrected chi connectivity index (χ3v) is 8.22. The fraction of sp³-hybridized carbons (Fsp3) is 0.0909. The van der Waals surface area contributed by atoms with Crippen molar-refractivity contribution < 1.29 is 18.7 Å². The average molecular weight is 610 g/mol. The van der Waals surface area contributed by atoms with E-state index in [0.29, 0.717) is 59.5 Å². The van der Waals surface area contributed by atoms with E-state index in [1.54, 1.807) is 85.8 Å². The van der Waals surface area contributed by atoms with Gasteiger partial charge in [-0.3, -0.25) is 14.2 Å².